The van der Waals surface area contributed by atoms with Crippen LogP contribution in [0.5, 0.6) is 5.75 Å². The van der Waals surface area contributed by atoms with Crippen molar-refractivity contribution in [1.29, 1.82) is 0 Å². The molecular formula is C18H19NO3. The highest BCUT2D eigenvalue weighted by Crippen LogP contribution is 2.29. The summed E-state index contributed by atoms with van der Waals surface area (Å²) in [5, 5.41) is 0. The van der Waals surface area contributed by atoms with Crippen LogP contribution < -0.4 is 4.74 Å². The highest BCUT2D eigenvalue weighted by Gasteiger charge is 2.31. The van der Waals surface area contributed by atoms with Gasteiger partial charge in [0.15, 0.2) is 0 Å². The van der Waals surface area contributed by atoms with Crippen LogP contribution in [0.1, 0.15) is 24.2 Å². The normalized spacial score (nSPS) is 14.2. The van der Waals surface area contributed by atoms with Crippen LogP contribution in [0.25, 0.3) is 6.08 Å². The Morgan fingerprint density at radius 3 is 2.68 bits per heavy atom. The van der Waals surface area contributed by atoms with E-state index in [0.29, 0.717) is 18.3 Å². The maximum Gasteiger partial charge on any atom is 0.247 e. The van der Waals surface area contributed by atoms with Gasteiger partial charge in [0, 0.05) is 18.7 Å². The van der Waals surface area contributed by atoms with E-state index in [1.807, 2.05) is 35.2 Å². The summed E-state index contributed by atoms with van der Waals surface area (Å²) < 4.78 is 10.4. The lowest BCUT2D eigenvalue weighted by Gasteiger charge is -2.21. The Balaban J connectivity index is 1.68. The van der Waals surface area contributed by atoms with Gasteiger partial charge < -0.3 is 14.1 Å². The number of rotatable bonds is 6. The predicted molar refractivity (Wildman–Crippen MR) is 84.3 cm³/mol. The maximum absolute atomic E-state index is 12.4. The minimum Gasteiger partial charge on any atom is -0.497 e. The van der Waals surface area contributed by atoms with Gasteiger partial charge in [0.05, 0.1) is 13.4 Å². The maximum atomic E-state index is 12.4. The van der Waals surface area contributed by atoms with Crippen LogP contribution in [0.3, 0.4) is 0 Å². The first kappa shape index (κ1) is 14.4. The van der Waals surface area contributed by atoms with Crippen LogP contribution in [-0.4, -0.2) is 24.0 Å². The number of nitrogens with zero attached hydrogens (tertiary/aromatic N) is 1. The zero-order valence-electron chi connectivity index (χ0n) is 12.6. The lowest BCUT2D eigenvalue weighted by Crippen LogP contribution is -2.31. The number of hydrogen-bond acceptors (Lipinski definition) is 3. The van der Waals surface area contributed by atoms with Gasteiger partial charge in [0.2, 0.25) is 5.91 Å². The number of methoxy groups -OCH3 is 1. The predicted octanol–water partition coefficient (Wildman–Crippen LogP) is 3.49. The van der Waals surface area contributed by atoms with Gasteiger partial charge in [-0.05, 0) is 48.7 Å². The minimum absolute atomic E-state index is 0.0229. The van der Waals surface area contributed by atoms with Crippen molar-refractivity contribution in [1.82, 2.24) is 4.90 Å². The van der Waals surface area contributed by atoms with Crippen LogP contribution in [0.2, 0.25) is 0 Å². The Bertz CT molecular complexity index is 639. The van der Waals surface area contributed by atoms with Gasteiger partial charge in [-0.2, -0.15) is 0 Å². The second-order valence-electron chi connectivity index (χ2n) is 5.39. The molecule has 1 heterocycles. The zero-order chi connectivity index (χ0) is 15.4. The van der Waals surface area contributed by atoms with Gasteiger partial charge in [-0.15, -0.1) is 0 Å². The van der Waals surface area contributed by atoms with Crippen LogP contribution >= 0.6 is 0 Å². The third kappa shape index (κ3) is 3.58. The van der Waals surface area contributed by atoms with E-state index in [4.69, 9.17) is 9.15 Å². The zero-order valence-corrected chi connectivity index (χ0v) is 12.6. The molecule has 0 unspecified atom stereocenters. The molecule has 0 bridgehead atoms. The van der Waals surface area contributed by atoms with E-state index in [0.717, 1.165) is 24.2 Å². The van der Waals surface area contributed by atoms with Crippen LogP contribution in [-0.2, 0) is 11.3 Å². The van der Waals surface area contributed by atoms with E-state index in [-0.39, 0.29) is 5.91 Å². The molecule has 4 nitrogen and oxygen atoms in total. The van der Waals surface area contributed by atoms with Gasteiger partial charge in [0.25, 0.3) is 0 Å². The summed E-state index contributed by atoms with van der Waals surface area (Å²) in [6, 6.07) is 11.8. The van der Waals surface area contributed by atoms with Crippen molar-refractivity contribution < 1.29 is 13.9 Å². The molecule has 0 aliphatic heterocycles. The Morgan fingerprint density at radius 1 is 1.32 bits per heavy atom. The first-order valence-corrected chi connectivity index (χ1v) is 7.41. The smallest absolute Gasteiger partial charge is 0.247 e. The first-order chi connectivity index (χ1) is 10.8. The third-order valence-corrected chi connectivity index (χ3v) is 3.72. The van der Waals surface area contributed by atoms with Crippen molar-refractivity contribution in [3.8, 4) is 5.75 Å². The Morgan fingerprint density at radius 2 is 2.09 bits per heavy atom. The number of amides is 1. The van der Waals surface area contributed by atoms with Crippen molar-refractivity contribution in [2.24, 2.45) is 0 Å². The van der Waals surface area contributed by atoms with Crippen LogP contribution in [0.15, 0.2) is 53.2 Å². The second-order valence-corrected chi connectivity index (χ2v) is 5.39. The third-order valence-electron chi connectivity index (χ3n) is 3.72. The van der Waals surface area contributed by atoms with Gasteiger partial charge in [-0.3, -0.25) is 4.79 Å². The van der Waals surface area contributed by atoms with E-state index in [1.165, 1.54) is 0 Å². The molecular weight excluding hydrogens is 278 g/mol. The topological polar surface area (TPSA) is 42.7 Å². The molecule has 0 radical (unpaired) electrons. The van der Waals surface area contributed by atoms with E-state index in [2.05, 4.69) is 0 Å². The van der Waals surface area contributed by atoms with Gasteiger partial charge >= 0.3 is 0 Å². The fraction of sp³-hybridized carbons (Fsp3) is 0.278. The van der Waals surface area contributed by atoms with Gasteiger partial charge in [-0.25, -0.2) is 0 Å². The Hall–Kier alpha value is -2.49. The minimum atomic E-state index is 0.0229. The molecule has 0 atom stereocenters. The van der Waals surface area contributed by atoms with Crippen molar-refractivity contribution in [2.45, 2.75) is 25.4 Å². The van der Waals surface area contributed by atoms with E-state index in [9.17, 15) is 4.79 Å². The average Bonchev–Trinajstić information content (AvgIpc) is 3.26. The van der Waals surface area contributed by atoms with E-state index < -0.39 is 0 Å². The summed E-state index contributed by atoms with van der Waals surface area (Å²) in [4.78, 5) is 14.3. The molecule has 1 aromatic heterocycles. The van der Waals surface area contributed by atoms with E-state index >= 15 is 0 Å². The van der Waals surface area contributed by atoms with Crippen molar-refractivity contribution >= 4 is 12.0 Å². The van der Waals surface area contributed by atoms with Crippen molar-refractivity contribution in [3.05, 3.63) is 60.1 Å². The Kier molecular flexibility index (Phi) is 4.28. The van der Waals surface area contributed by atoms with Gasteiger partial charge in [0.1, 0.15) is 11.5 Å². The largest absolute Gasteiger partial charge is 0.497 e. The molecule has 1 aromatic carbocycles. The number of furan rings is 1. The lowest BCUT2D eigenvalue weighted by atomic mass is 10.2. The van der Waals surface area contributed by atoms with Crippen LogP contribution in [0.4, 0.5) is 0 Å². The molecule has 4 heteroatoms. The van der Waals surface area contributed by atoms with Crippen molar-refractivity contribution in [2.75, 3.05) is 7.11 Å². The molecule has 3 rings (SSSR count). The summed E-state index contributed by atoms with van der Waals surface area (Å²) >= 11 is 0. The molecule has 1 amide bonds. The van der Waals surface area contributed by atoms with E-state index in [1.54, 1.807) is 31.6 Å². The molecule has 22 heavy (non-hydrogen) atoms. The molecule has 0 saturated heterocycles. The summed E-state index contributed by atoms with van der Waals surface area (Å²) in [6.45, 7) is 0.621. The summed E-state index contributed by atoms with van der Waals surface area (Å²) in [5.41, 5.74) is 1.10. The fourth-order valence-corrected chi connectivity index (χ4v) is 2.34. The number of benzene rings is 1. The molecule has 1 aliphatic rings. The number of carbonyl (C=O) groups excluding carboxylic acids is 1. The average molecular weight is 297 g/mol. The second kappa shape index (κ2) is 6.52. The number of carbonyl (C=O) groups is 1. The van der Waals surface area contributed by atoms with Gasteiger partial charge in [-0.1, -0.05) is 12.1 Å². The molecule has 114 valence electrons. The fourth-order valence-electron chi connectivity index (χ4n) is 2.34. The summed E-state index contributed by atoms with van der Waals surface area (Å²) in [6.07, 6.45) is 7.06. The molecule has 1 fully saturated rings. The number of hydrogen-bond donors (Lipinski definition) is 0. The van der Waals surface area contributed by atoms with Crippen LogP contribution in [0, 0.1) is 0 Å². The monoisotopic (exact) mass is 297 g/mol. The summed E-state index contributed by atoms with van der Waals surface area (Å²) in [5.74, 6) is 1.54. The highest BCUT2D eigenvalue weighted by atomic mass is 16.5. The summed E-state index contributed by atoms with van der Waals surface area (Å²) in [7, 11) is 1.65. The quantitative estimate of drug-likeness (QED) is 0.766. The number of ether oxygens (including phenoxy) is 1. The molecule has 0 spiro atoms. The molecule has 1 aliphatic carbocycles. The first-order valence-electron chi connectivity index (χ1n) is 7.41. The highest BCUT2D eigenvalue weighted by molar-refractivity contribution is 5.91. The molecule has 1 saturated carbocycles. The SMILES string of the molecule is COc1ccc(CN(C(=O)/C=C/c2ccco2)C2CC2)cc1. The molecule has 2 aromatic rings. The lowest BCUT2D eigenvalue weighted by molar-refractivity contribution is -0.127. The van der Waals surface area contributed by atoms with Crippen molar-refractivity contribution in [3.63, 3.8) is 0 Å². The molecule has 0 N–H and O–H groups in total. The standard InChI is InChI=1S/C18H19NO3/c1-21-16-8-4-14(5-9-16)13-19(15-6-7-15)18(20)11-10-17-3-2-12-22-17/h2-5,8-12,15H,6-7,13H2,1H3/b11-10+. The Labute approximate surface area is 130 Å².